The first-order valence-electron chi connectivity index (χ1n) is 8.10. The van der Waals surface area contributed by atoms with E-state index >= 15 is 0 Å². The van der Waals surface area contributed by atoms with Crippen LogP contribution in [0.25, 0.3) is 0 Å². The third-order valence-electron chi connectivity index (χ3n) is 4.30. The van der Waals surface area contributed by atoms with Gasteiger partial charge in [-0.3, -0.25) is 9.69 Å². The highest BCUT2D eigenvalue weighted by Crippen LogP contribution is 2.24. The summed E-state index contributed by atoms with van der Waals surface area (Å²) in [4.78, 5) is 15.1. The molecule has 2 aliphatic rings. The molecule has 2 unspecified atom stereocenters. The smallest absolute Gasteiger partial charge is 0.242 e. The molecule has 2 heterocycles. The number of amides is 1. The molecule has 120 valence electrons. The summed E-state index contributed by atoms with van der Waals surface area (Å²) in [5.41, 5.74) is 1.08. The molecule has 22 heavy (non-hydrogen) atoms. The van der Waals surface area contributed by atoms with Crippen LogP contribution in [0.2, 0.25) is 0 Å². The maximum absolute atomic E-state index is 12.8. The Bertz CT molecular complexity index is 471. The van der Waals surface area contributed by atoms with E-state index in [1.165, 1.54) is 0 Å². The van der Waals surface area contributed by atoms with Gasteiger partial charge in [-0.1, -0.05) is 30.3 Å². The zero-order valence-electron chi connectivity index (χ0n) is 12.9. The molecule has 2 fully saturated rings. The number of hydrogen-bond donors (Lipinski definition) is 1. The number of hydrogen-bond acceptors (Lipinski definition) is 4. The zero-order valence-corrected chi connectivity index (χ0v) is 13.7. The Morgan fingerprint density at radius 1 is 1.32 bits per heavy atom. The molecule has 1 aromatic carbocycles. The van der Waals surface area contributed by atoms with Crippen LogP contribution in [0.1, 0.15) is 24.4 Å². The summed E-state index contributed by atoms with van der Waals surface area (Å²) in [6.07, 6.45) is 2.35. The molecule has 0 radical (unpaired) electrons. The maximum Gasteiger partial charge on any atom is 0.242 e. The van der Waals surface area contributed by atoms with Gasteiger partial charge in [0.2, 0.25) is 5.91 Å². The summed E-state index contributed by atoms with van der Waals surface area (Å²) in [5.74, 6) is 2.30. The van der Waals surface area contributed by atoms with Gasteiger partial charge >= 0.3 is 0 Å². The van der Waals surface area contributed by atoms with Crippen LogP contribution in [0.15, 0.2) is 30.3 Å². The lowest BCUT2D eigenvalue weighted by Crippen LogP contribution is -2.45. The number of carbonyl (C=O) groups excluding carboxylic acids is 1. The molecule has 3 rings (SSSR count). The fourth-order valence-electron chi connectivity index (χ4n) is 3.12. The molecule has 4 nitrogen and oxygen atoms in total. The molecule has 1 aromatic rings. The number of benzene rings is 1. The van der Waals surface area contributed by atoms with Crippen LogP contribution in [0, 0.1) is 0 Å². The van der Waals surface area contributed by atoms with E-state index in [0.717, 1.165) is 49.6 Å². The average Bonchev–Trinajstić information content (AvgIpc) is 3.09. The fourth-order valence-corrected chi connectivity index (χ4v) is 4.05. The van der Waals surface area contributed by atoms with E-state index < -0.39 is 0 Å². The average molecular weight is 320 g/mol. The summed E-state index contributed by atoms with van der Waals surface area (Å²) in [6, 6.07) is 9.94. The van der Waals surface area contributed by atoms with E-state index in [1.54, 1.807) is 0 Å². The van der Waals surface area contributed by atoms with Gasteiger partial charge in [0.05, 0.1) is 6.10 Å². The highest BCUT2D eigenvalue weighted by Gasteiger charge is 2.29. The van der Waals surface area contributed by atoms with E-state index in [-0.39, 0.29) is 18.1 Å². The normalized spacial score (nSPS) is 24.1. The molecule has 0 aliphatic carbocycles. The third-order valence-corrected chi connectivity index (χ3v) is 5.24. The number of thioether (sulfide) groups is 1. The molecule has 2 saturated heterocycles. The molecule has 2 aliphatic heterocycles. The summed E-state index contributed by atoms with van der Waals surface area (Å²) in [5, 5.41) is 3.11. The molecule has 0 spiro atoms. The highest BCUT2D eigenvalue weighted by molar-refractivity contribution is 7.99. The van der Waals surface area contributed by atoms with Gasteiger partial charge < -0.3 is 10.1 Å². The van der Waals surface area contributed by atoms with Crippen LogP contribution in [0.4, 0.5) is 0 Å². The van der Waals surface area contributed by atoms with Gasteiger partial charge in [0, 0.05) is 37.7 Å². The second-order valence-corrected chi connectivity index (χ2v) is 7.07. The van der Waals surface area contributed by atoms with Crippen LogP contribution in [-0.4, -0.2) is 54.7 Å². The van der Waals surface area contributed by atoms with Crippen molar-refractivity contribution in [2.75, 3.05) is 37.7 Å². The van der Waals surface area contributed by atoms with Crippen molar-refractivity contribution < 1.29 is 9.53 Å². The number of nitrogens with zero attached hydrogens (tertiary/aromatic N) is 1. The van der Waals surface area contributed by atoms with Gasteiger partial charge in [-0.05, 0) is 18.4 Å². The summed E-state index contributed by atoms with van der Waals surface area (Å²) in [6.45, 7) is 3.39. The molecule has 5 heteroatoms. The summed E-state index contributed by atoms with van der Waals surface area (Å²) < 4.78 is 5.60. The largest absolute Gasteiger partial charge is 0.376 e. The van der Waals surface area contributed by atoms with Gasteiger partial charge in [-0.15, -0.1) is 0 Å². The maximum atomic E-state index is 12.8. The molecule has 0 aromatic heterocycles. The van der Waals surface area contributed by atoms with Crippen LogP contribution < -0.4 is 5.32 Å². The monoisotopic (exact) mass is 320 g/mol. The zero-order chi connectivity index (χ0) is 15.2. The Balaban J connectivity index is 1.67. The van der Waals surface area contributed by atoms with Crippen molar-refractivity contribution >= 4 is 17.7 Å². The van der Waals surface area contributed by atoms with Gasteiger partial charge in [-0.2, -0.15) is 11.8 Å². The SMILES string of the molecule is O=C(NCC1CCCO1)C(c1ccccc1)N1CCSCC1. The summed E-state index contributed by atoms with van der Waals surface area (Å²) in [7, 11) is 0. The second kappa shape index (κ2) is 7.99. The highest BCUT2D eigenvalue weighted by atomic mass is 32.2. The first-order valence-corrected chi connectivity index (χ1v) is 9.26. The van der Waals surface area contributed by atoms with Crippen molar-refractivity contribution in [3.8, 4) is 0 Å². The lowest BCUT2D eigenvalue weighted by atomic mass is 10.0. The Kier molecular flexibility index (Phi) is 5.76. The minimum absolute atomic E-state index is 0.105. The first-order chi connectivity index (χ1) is 10.8. The fraction of sp³-hybridized carbons (Fsp3) is 0.588. The predicted octanol–water partition coefficient (Wildman–Crippen LogP) is 2.07. The van der Waals surface area contributed by atoms with Crippen LogP contribution in [0.5, 0.6) is 0 Å². The standard InChI is InChI=1S/C17H24N2O2S/c20-17(18-13-15-7-4-10-21-15)16(14-5-2-1-3-6-14)19-8-11-22-12-9-19/h1-3,5-6,15-16H,4,7-13H2,(H,18,20). The minimum atomic E-state index is -0.177. The number of carbonyl (C=O) groups is 1. The van der Waals surface area contributed by atoms with Gasteiger partial charge in [0.1, 0.15) is 6.04 Å². The molecule has 1 N–H and O–H groups in total. The number of nitrogens with one attached hydrogen (secondary N) is 1. The lowest BCUT2D eigenvalue weighted by molar-refractivity contribution is -0.127. The van der Waals surface area contributed by atoms with Crippen molar-refractivity contribution in [1.29, 1.82) is 0 Å². The molecule has 0 bridgehead atoms. The van der Waals surface area contributed by atoms with Crippen molar-refractivity contribution in [3.05, 3.63) is 35.9 Å². The van der Waals surface area contributed by atoms with Crippen molar-refractivity contribution in [2.24, 2.45) is 0 Å². The van der Waals surface area contributed by atoms with E-state index in [2.05, 4.69) is 22.3 Å². The Hall–Kier alpha value is -1.04. The van der Waals surface area contributed by atoms with E-state index in [1.807, 2.05) is 30.0 Å². The summed E-state index contributed by atoms with van der Waals surface area (Å²) >= 11 is 1.96. The van der Waals surface area contributed by atoms with Crippen LogP contribution in [-0.2, 0) is 9.53 Å². The van der Waals surface area contributed by atoms with E-state index in [9.17, 15) is 4.79 Å². The van der Waals surface area contributed by atoms with Crippen LogP contribution in [0.3, 0.4) is 0 Å². The van der Waals surface area contributed by atoms with Gasteiger partial charge in [-0.25, -0.2) is 0 Å². The minimum Gasteiger partial charge on any atom is -0.376 e. The molecule has 1 amide bonds. The van der Waals surface area contributed by atoms with Crippen LogP contribution >= 0.6 is 11.8 Å². The third kappa shape index (κ3) is 4.03. The van der Waals surface area contributed by atoms with Crippen molar-refractivity contribution in [2.45, 2.75) is 25.0 Å². The van der Waals surface area contributed by atoms with Gasteiger partial charge in [0.25, 0.3) is 0 Å². The van der Waals surface area contributed by atoms with Crippen molar-refractivity contribution in [3.63, 3.8) is 0 Å². The molecular formula is C17H24N2O2S. The van der Waals surface area contributed by atoms with Gasteiger partial charge in [0.15, 0.2) is 0 Å². The predicted molar refractivity (Wildman–Crippen MR) is 90.1 cm³/mol. The number of rotatable bonds is 5. The second-order valence-electron chi connectivity index (χ2n) is 5.84. The molecular weight excluding hydrogens is 296 g/mol. The number of ether oxygens (including phenoxy) is 1. The van der Waals surface area contributed by atoms with E-state index in [0.29, 0.717) is 6.54 Å². The molecule has 0 saturated carbocycles. The first kappa shape index (κ1) is 15.8. The Morgan fingerprint density at radius 2 is 2.09 bits per heavy atom. The Labute approximate surface area is 136 Å². The van der Waals surface area contributed by atoms with E-state index in [4.69, 9.17) is 4.74 Å². The quantitative estimate of drug-likeness (QED) is 0.902. The topological polar surface area (TPSA) is 41.6 Å². The Morgan fingerprint density at radius 3 is 2.77 bits per heavy atom. The van der Waals surface area contributed by atoms with Crippen molar-refractivity contribution in [1.82, 2.24) is 10.2 Å². The molecule has 2 atom stereocenters. The lowest BCUT2D eigenvalue weighted by Gasteiger charge is -2.33.